The molecular formula is C79H49N9. The van der Waals surface area contributed by atoms with Crippen LogP contribution in [0.3, 0.4) is 0 Å². The molecule has 88 heavy (non-hydrogen) atoms. The van der Waals surface area contributed by atoms with Crippen molar-refractivity contribution in [3.63, 3.8) is 0 Å². The van der Waals surface area contributed by atoms with Crippen molar-refractivity contribution in [3.05, 3.63) is 297 Å². The first-order valence-electron chi connectivity index (χ1n) is 29.6. The number of aromatic nitrogens is 9. The van der Waals surface area contributed by atoms with Crippen molar-refractivity contribution in [2.75, 3.05) is 0 Å². The molecule has 0 aliphatic heterocycles. The smallest absolute Gasteiger partial charge is 0.241 e. The highest BCUT2D eigenvalue weighted by atomic mass is 15.3. The van der Waals surface area contributed by atoms with E-state index in [0.717, 1.165) is 137 Å². The maximum atomic E-state index is 5.59. The Balaban J connectivity index is 0.865. The van der Waals surface area contributed by atoms with Crippen LogP contribution in [0.4, 0.5) is 0 Å². The zero-order valence-corrected chi connectivity index (χ0v) is 47.3. The van der Waals surface area contributed by atoms with Gasteiger partial charge in [0.15, 0.2) is 0 Å². The summed E-state index contributed by atoms with van der Waals surface area (Å²) >= 11 is 0. The topological polar surface area (TPSA) is 84.2 Å². The predicted molar refractivity (Wildman–Crippen MR) is 360 cm³/mol. The molecule has 0 bridgehead atoms. The van der Waals surface area contributed by atoms with Crippen LogP contribution >= 0.6 is 0 Å². The van der Waals surface area contributed by atoms with Crippen LogP contribution in [0.5, 0.6) is 0 Å². The largest absolute Gasteiger partial charge is 0.278 e. The fourth-order valence-electron chi connectivity index (χ4n) is 13.6. The molecule has 410 valence electrons. The van der Waals surface area contributed by atoms with E-state index in [9.17, 15) is 0 Å². The molecule has 9 nitrogen and oxygen atoms in total. The summed E-state index contributed by atoms with van der Waals surface area (Å²) in [5.74, 6) is 2.11. The Labute approximate surface area is 504 Å². The van der Waals surface area contributed by atoms with Crippen LogP contribution in [0, 0.1) is 0 Å². The Morgan fingerprint density at radius 1 is 0.205 bits per heavy atom. The number of fused-ring (bicyclic) bond motifs is 12. The molecule has 0 unspecified atom stereocenters. The van der Waals surface area contributed by atoms with Gasteiger partial charge in [-0.2, -0.15) is 15.0 Å². The van der Waals surface area contributed by atoms with Gasteiger partial charge >= 0.3 is 0 Å². The number of hydrogen-bond acceptors (Lipinski definition) is 5. The van der Waals surface area contributed by atoms with E-state index in [0.29, 0.717) is 23.8 Å². The predicted octanol–water partition coefficient (Wildman–Crippen LogP) is 19.4. The number of hydrogen-bond donors (Lipinski definition) is 0. The second-order valence-electron chi connectivity index (χ2n) is 22.5. The van der Waals surface area contributed by atoms with E-state index in [4.69, 9.17) is 24.9 Å². The Kier molecular flexibility index (Phi) is 11.1. The summed E-state index contributed by atoms with van der Waals surface area (Å²) in [6, 6.07) is 103. The highest BCUT2D eigenvalue weighted by molar-refractivity contribution is 6.16. The maximum absolute atomic E-state index is 5.59. The van der Waals surface area contributed by atoms with Gasteiger partial charge in [0.2, 0.25) is 23.8 Å². The third-order valence-corrected chi connectivity index (χ3v) is 17.5. The molecule has 12 aromatic carbocycles. The zero-order chi connectivity index (χ0) is 57.8. The van der Waals surface area contributed by atoms with Gasteiger partial charge in [0.1, 0.15) is 0 Å². The fraction of sp³-hybridized carbons (Fsp3) is 0. The molecule has 0 spiro atoms. The minimum Gasteiger partial charge on any atom is -0.278 e. The number of para-hydroxylation sites is 6. The second kappa shape index (κ2) is 19.8. The highest BCUT2D eigenvalue weighted by Gasteiger charge is 2.25. The molecule has 0 aliphatic carbocycles. The third-order valence-electron chi connectivity index (χ3n) is 17.5. The summed E-state index contributed by atoms with van der Waals surface area (Å²) in [5.41, 5.74) is 18.6. The Hall–Kier alpha value is -12.1. The molecule has 0 saturated carbocycles. The molecular weight excluding hydrogens is 1070 g/mol. The standard InChI is InChI=1S/C79H49N9/c1-3-20-50(21-4-1)52-38-40-53(41-39-52)55-46-56(48-57(47-55)66-44-45-80-76(81-66)88-71-35-17-11-28-63(71)64-43-42-54(49-74(64)88)51-22-5-2-6-23-51)58-30-19-37-73-75(58)65-29-12-18-36-72(65)87(73)79-83-77(85-67-31-13-7-24-59(67)60-25-8-14-32-68(60)85)82-78(84-79)86-69-33-15-9-26-61(69)62-27-10-16-34-70(62)86/h1-49H. The Bertz CT molecular complexity index is 5580. The van der Waals surface area contributed by atoms with Gasteiger partial charge in [-0.3, -0.25) is 18.3 Å². The lowest BCUT2D eigenvalue weighted by atomic mass is 9.92. The average Bonchev–Trinajstić information content (AvgIpc) is 1.68. The molecule has 9 heteroatoms. The van der Waals surface area contributed by atoms with E-state index in [1.807, 2.05) is 12.3 Å². The number of nitrogens with zero attached hydrogens (tertiary/aromatic N) is 9. The van der Waals surface area contributed by atoms with Crippen molar-refractivity contribution in [2.45, 2.75) is 0 Å². The highest BCUT2D eigenvalue weighted by Crippen LogP contribution is 2.43. The van der Waals surface area contributed by atoms with Crippen molar-refractivity contribution in [3.8, 4) is 79.6 Å². The van der Waals surface area contributed by atoms with Crippen LogP contribution in [0.2, 0.25) is 0 Å². The normalized spacial score (nSPS) is 11.9. The molecule has 0 radical (unpaired) electrons. The first-order chi connectivity index (χ1) is 43.6. The zero-order valence-electron chi connectivity index (χ0n) is 47.3. The summed E-state index contributed by atoms with van der Waals surface area (Å²) in [5, 5.41) is 8.91. The minimum absolute atomic E-state index is 0.495. The minimum atomic E-state index is 0.495. The summed E-state index contributed by atoms with van der Waals surface area (Å²) < 4.78 is 8.81. The monoisotopic (exact) mass is 1120 g/mol. The molecule has 0 atom stereocenters. The second-order valence-corrected chi connectivity index (χ2v) is 22.5. The Morgan fingerprint density at radius 2 is 0.568 bits per heavy atom. The van der Waals surface area contributed by atoms with E-state index in [2.05, 4.69) is 303 Å². The van der Waals surface area contributed by atoms with E-state index < -0.39 is 0 Å². The van der Waals surface area contributed by atoms with Gasteiger partial charge in [-0.05, 0) is 117 Å². The number of benzene rings is 12. The van der Waals surface area contributed by atoms with E-state index in [-0.39, 0.29) is 0 Å². The van der Waals surface area contributed by atoms with Crippen molar-refractivity contribution < 1.29 is 0 Å². The van der Waals surface area contributed by atoms with Gasteiger partial charge in [-0.1, -0.05) is 218 Å². The lowest BCUT2D eigenvalue weighted by Gasteiger charge is -2.14. The molecule has 0 amide bonds. The summed E-state index contributed by atoms with van der Waals surface area (Å²) in [6.45, 7) is 0. The lowest BCUT2D eigenvalue weighted by molar-refractivity contribution is 0.848. The van der Waals surface area contributed by atoms with Crippen molar-refractivity contribution in [1.29, 1.82) is 0 Å². The molecule has 0 aliphatic rings. The Morgan fingerprint density at radius 3 is 1.09 bits per heavy atom. The summed E-state index contributed by atoms with van der Waals surface area (Å²) in [7, 11) is 0. The van der Waals surface area contributed by atoms with Crippen LogP contribution in [0.15, 0.2) is 297 Å². The molecule has 18 rings (SSSR count). The SMILES string of the molecule is c1ccc(-c2ccc(-c3cc(-c4ccnc(-n5c6ccccc6c6ccc(-c7ccccc7)cc65)n4)cc(-c4cccc5c4c4ccccc4n5-c4nc(-n5c6ccccc6c6ccccc65)nc(-n5c6ccccc6c6ccccc65)n4)c3)cc2)cc1. The quantitative estimate of drug-likeness (QED) is 0.144. The lowest BCUT2D eigenvalue weighted by Crippen LogP contribution is -2.13. The van der Waals surface area contributed by atoms with Crippen LogP contribution in [-0.2, 0) is 0 Å². The average molecular weight is 1120 g/mol. The fourth-order valence-corrected chi connectivity index (χ4v) is 13.6. The first-order valence-corrected chi connectivity index (χ1v) is 29.6. The summed E-state index contributed by atoms with van der Waals surface area (Å²) in [4.78, 5) is 27.3. The van der Waals surface area contributed by atoms with Crippen molar-refractivity contribution in [2.24, 2.45) is 0 Å². The summed E-state index contributed by atoms with van der Waals surface area (Å²) in [6.07, 6.45) is 1.89. The molecule has 0 saturated heterocycles. The molecule has 0 N–H and O–H groups in total. The van der Waals surface area contributed by atoms with E-state index in [1.165, 1.54) is 5.56 Å². The van der Waals surface area contributed by atoms with E-state index >= 15 is 0 Å². The first kappa shape index (κ1) is 49.4. The number of rotatable bonds is 9. The van der Waals surface area contributed by atoms with Gasteiger partial charge in [0.05, 0.1) is 49.8 Å². The van der Waals surface area contributed by atoms with Crippen LogP contribution < -0.4 is 0 Å². The van der Waals surface area contributed by atoms with Crippen LogP contribution in [0.25, 0.3) is 167 Å². The molecule has 6 aromatic heterocycles. The van der Waals surface area contributed by atoms with E-state index in [1.54, 1.807) is 0 Å². The van der Waals surface area contributed by atoms with Crippen molar-refractivity contribution in [1.82, 2.24) is 43.2 Å². The molecule has 0 fully saturated rings. The van der Waals surface area contributed by atoms with Crippen molar-refractivity contribution >= 4 is 87.2 Å². The van der Waals surface area contributed by atoms with Gasteiger partial charge in [0, 0.05) is 54.9 Å². The maximum Gasteiger partial charge on any atom is 0.241 e. The van der Waals surface area contributed by atoms with Crippen LogP contribution in [0.1, 0.15) is 0 Å². The van der Waals surface area contributed by atoms with Gasteiger partial charge in [-0.15, -0.1) is 0 Å². The molecule has 18 aromatic rings. The van der Waals surface area contributed by atoms with Gasteiger partial charge in [0.25, 0.3) is 0 Å². The third kappa shape index (κ3) is 7.77. The van der Waals surface area contributed by atoms with Crippen LogP contribution in [-0.4, -0.2) is 43.2 Å². The van der Waals surface area contributed by atoms with Gasteiger partial charge < -0.3 is 0 Å². The van der Waals surface area contributed by atoms with Gasteiger partial charge in [-0.25, -0.2) is 9.97 Å². The molecule has 6 heterocycles.